The van der Waals surface area contributed by atoms with Crippen molar-refractivity contribution in [3.63, 3.8) is 0 Å². The molecule has 1 aromatic heterocycles. The van der Waals surface area contributed by atoms with Gasteiger partial charge in [0.05, 0.1) is 19.2 Å². The van der Waals surface area contributed by atoms with Crippen LogP contribution in [-0.4, -0.2) is 60.1 Å². The minimum Gasteiger partial charge on any atom is -0.497 e. The maximum atomic E-state index is 13.3. The van der Waals surface area contributed by atoms with Gasteiger partial charge in [0, 0.05) is 45.0 Å². The van der Waals surface area contributed by atoms with E-state index in [1.165, 1.54) is 17.7 Å². The van der Waals surface area contributed by atoms with Crippen molar-refractivity contribution in [2.45, 2.75) is 26.9 Å². The fourth-order valence-corrected chi connectivity index (χ4v) is 4.57. The minimum atomic E-state index is -0.297. The molecule has 7 nitrogen and oxygen atoms in total. The van der Waals surface area contributed by atoms with Crippen molar-refractivity contribution in [1.29, 1.82) is 5.26 Å². The Morgan fingerprint density at radius 2 is 1.56 bits per heavy atom. The Kier molecular flexibility index (Phi) is 8.04. The number of amides is 1. The standard InChI is InChI=1S/C28H32FN5O2/c1-20-21(2)34(18-23-4-8-24(29)9-5-23)28(26(20)16-30)31-27(35)19-33-14-12-32(13-15-33)17-22-6-10-25(36-3)11-7-22/h4-11H,12-15,17-19H2,1-3H3,(H,31,35). The van der Waals surface area contributed by atoms with Crippen LogP contribution in [0.15, 0.2) is 48.5 Å². The van der Waals surface area contributed by atoms with Crippen molar-refractivity contribution < 1.29 is 13.9 Å². The van der Waals surface area contributed by atoms with E-state index in [0.717, 1.165) is 55.3 Å². The Hall–Kier alpha value is -3.67. The maximum Gasteiger partial charge on any atom is 0.239 e. The van der Waals surface area contributed by atoms with Gasteiger partial charge in [0.25, 0.3) is 0 Å². The van der Waals surface area contributed by atoms with Gasteiger partial charge < -0.3 is 14.6 Å². The fraction of sp³-hybridized carbons (Fsp3) is 0.357. The molecule has 0 aliphatic carbocycles. The number of carbonyl (C=O) groups is 1. The van der Waals surface area contributed by atoms with Crippen LogP contribution in [0.5, 0.6) is 5.75 Å². The van der Waals surface area contributed by atoms with Gasteiger partial charge >= 0.3 is 0 Å². The monoisotopic (exact) mass is 489 g/mol. The Labute approximate surface area is 211 Å². The van der Waals surface area contributed by atoms with Gasteiger partial charge in [-0.15, -0.1) is 0 Å². The molecular formula is C28H32FN5O2. The van der Waals surface area contributed by atoms with Crippen molar-refractivity contribution in [3.05, 3.63) is 82.3 Å². The van der Waals surface area contributed by atoms with E-state index in [-0.39, 0.29) is 18.3 Å². The van der Waals surface area contributed by atoms with Crippen molar-refractivity contribution in [1.82, 2.24) is 14.4 Å². The molecule has 0 spiro atoms. The summed E-state index contributed by atoms with van der Waals surface area (Å²) in [5.74, 6) is 0.908. The molecular weight excluding hydrogens is 457 g/mol. The summed E-state index contributed by atoms with van der Waals surface area (Å²) in [6, 6.07) is 16.6. The van der Waals surface area contributed by atoms with Gasteiger partial charge in [0.15, 0.2) is 0 Å². The van der Waals surface area contributed by atoms with E-state index in [2.05, 4.69) is 33.3 Å². The lowest BCUT2D eigenvalue weighted by molar-refractivity contribution is -0.117. The highest BCUT2D eigenvalue weighted by Gasteiger charge is 2.23. The zero-order valence-corrected chi connectivity index (χ0v) is 21.1. The average molecular weight is 490 g/mol. The van der Waals surface area contributed by atoms with Gasteiger partial charge in [0.1, 0.15) is 23.5 Å². The molecule has 8 heteroatoms. The Balaban J connectivity index is 1.36. The summed E-state index contributed by atoms with van der Waals surface area (Å²) in [5.41, 5.74) is 4.33. The number of ether oxygens (including phenoxy) is 1. The number of hydrogen-bond donors (Lipinski definition) is 1. The molecule has 1 saturated heterocycles. The number of hydrogen-bond acceptors (Lipinski definition) is 5. The summed E-state index contributed by atoms with van der Waals surface area (Å²) in [7, 11) is 1.66. The number of nitriles is 1. The lowest BCUT2D eigenvalue weighted by atomic mass is 10.2. The highest BCUT2D eigenvalue weighted by atomic mass is 19.1. The number of halogens is 1. The predicted octanol–water partition coefficient (Wildman–Crippen LogP) is 3.93. The van der Waals surface area contributed by atoms with E-state index in [9.17, 15) is 14.4 Å². The van der Waals surface area contributed by atoms with Crippen LogP contribution in [0, 0.1) is 31.0 Å². The van der Waals surface area contributed by atoms with E-state index in [0.29, 0.717) is 17.9 Å². The summed E-state index contributed by atoms with van der Waals surface area (Å²) in [5, 5.41) is 12.8. The zero-order chi connectivity index (χ0) is 25.7. The molecule has 1 amide bonds. The smallest absolute Gasteiger partial charge is 0.239 e. The minimum absolute atomic E-state index is 0.145. The van der Waals surface area contributed by atoms with Gasteiger partial charge in [-0.2, -0.15) is 5.26 Å². The summed E-state index contributed by atoms with van der Waals surface area (Å²) >= 11 is 0. The molecule has 0 unspecified atom stereocenters. The third kappa shape index (κ3) is 5.93. The number of anilines is 1. The number of piperazine rings is 1. The van der Waals surface area contributed by atoms with Gasteiger partial charge in [0.2, 0.25) is 5.91 Å². The highest BCUT2D eigenvalue weighted by molar-refractivity contribution is 5.93. The van der Waals surface area contributed by atoms with Gasteiger partial charge in [-0.1, -0.05) is 24.3 Å². The summed E-state index contributed by atoms with van der Waals surface area (Å²) < 4.78 is 20.5. The third-order valence-corrected chi connectivity index (χ3v) is 6.85. The summed E-state index contributed by atoms with van der Waals surface area (Å²) in [6.45, 7) is 8.72. The van der Waals surface area contributed by atoms with E-state index in [4.69, 9.17) is 4.74 Å². The molecule has 36 heavy (non-hydrogen) atoms. The second kappa shape index (κ2) is 11.4. The molecule has 2 heterocycles. The van der Waals surface area contributed by atoms with Gasteiger partial charge in [-0.25, -0.2) is 4.39 Å². The molecule has 3 aromatic rings. The number of rotatable bonds is 8. The molecule has 4 rings (SSSR count). The average Bonchev–Trinajstić information content (AvgIpc) is 3.10. The Bertz CT molecular complexity index is 1240. The van der Waals surface area contributed by atoms with E-state index in [1.54, 1.807) is 19.2 Å². The molecule has 188 valence electrons. The first-order valence-electron chi connectivity index (χ1n) is 12.1. The molecule has 1 aliphatic heterocycles. The molecule has 1 N–H and O–H groups in total. The van der Waals surface area contributed by atoms with Crippen molar-refractivity contribution in [2.24, 2.45) is 0 Å². The second-order valence-electron chi connectivity index (χ2n) is 9.21. The number of methoxy groups -OCH3 is 1. The highest BCUT2D eigenvalue weighted by Crippen LogP contribution is 2.27. The summed E-state index contributed by atoms with van der Waals surface area (Å²) in [4.78, 5) is 17.5. The quantitative estimate of drug-likeness (QED) is 0.519. The fourth-order valence-electron chi connectivity index (χ4n) is 4.57. The number of nitrogens with zero attached hydrogens (tertiary/aromatic N) is 4. The number of benzene rings is 2. The lowest BCUT2D eigenvalue weighted by Gasteiger charge is -2.34. The molecule has 1 aliphatic rings. The largest absolute Gasteiger partial charge is 0.497 e. The van der Waals surface area contributed by atoms with Gasteiger partial charge in [-0.05, 0) is 54.8 Å². The van der Waals surface area contributed by atoms with Crippen molar-refractivity contribution in [3.8, 4) is 11.8 Å². The molecule has 0 saturated carbocycles. The van der Waals surface area contributed by atoms with E-state index >= 15 is 0 Å². The van der Waals surface area contributed by atoms with E-state index in [1.807, 2.05) is 30.5 Å². The first kappa shape index (κ1) is 25.4. The Morgan fingerprint density at radius 3 is 2.17 bits per heavy atom. The van der Waals surface area contributed by atoms with Gasteiger partial charge in [-0.3, -0.25) is 14.6 Å². The SMILES string of the molecule is COc1ccc(CN2CCN(CC(=O)Nc3c(C#N)c(C)c(C)n3Cc3ccc(F)cc3)CC2)cc1. The van der Waals surface area contributed by atoms with Crippen molar-refractivity contribution >= 4 is 11.7 Å². The van der Waals surface area contributed by atoms with Crippen LogP contribution in [0.3, 0.4) is 0 Å². The predicted molar refractivity (Wildman–Crippen MR) is 137 cm³/mol. The zero-order valence-electron chi connectivity index (χ0n) is 21.1. The Morgan fingerprint density at radius 1 is 0.972 bits per heavy atom. The van der Waals surface area contributed by atoms with Crippen LogP contribution < -0.4 is 10.1 Å². The summed E-state index contributed by atoms with van der Waals surface area (Å²) in [6.07, 6.45) is 0. The third-order valence-electron chi connectivity index (χ3n) is 6.85. The van der Waals surface area contributed by atoms with Crippen molar-refractivity contribution in [2.75, 3.05) is 45.2 Å². The topological polar surface area (TPSA) is 73.5 Å². The molecule has 2 aromatic carbocycles. The number of aromatic nitrogens is 1. The number of nitrogens with one attached hydrogen (secondary N) is 1. The lowest BCUT2D eigenvalue weighted by Crippen LogP contribution is -2.48. The van der Waals surface area contributed by atoms with Crippen LogP contribution in [0.25, 0.3) is 0 Å². The van der Waals surface area contributed by atoms with Crippen LogP contribution in [0.2, 0.25) is 0 Å². The normalized spacial score (nSPS) is 14.4. The van der Waals surface area contributed by atoms with E-state index < -0.39 is 0 Å². The number of carbonyl (C=O) groups excluding carboxylic acids is 1. The first-order chi connectivity index (χ1) is 17.4. The molecule has 1 fully saturated rings. The molecule has 0 atom stereocenters. The molecule has 0 radical (unpaired) electrons. The first-order valence-corrected chi connectivity index (χ1v) is 12.1. The van der Waals surface area contributed by atoms with Crippen LogP contribution in [0.1, 0.15) is 27.9 Å². The molecule has 0 bridgehead atoms. The maximum absolute atomic E-state index is 13.3. The second-order valence-corrected chi connectivity index (χ2v) is 9.21. The van der Waals surface area contributed by atoms with Crippen LogP contribution in [-0.2, 0) is 17.9 Å². The van der Waals surface area contributed by atoms with Crippen LogP contribution in [0.4, 0.5) is 10.2 Å². The van der Waals surface area contributed by atoms with Crippen LogP contribution >= 0.6 is 0 Å².